The molecule has 0 radical (unpaired) electrons. The molecular formula is C15H27NO2. The molecule has 1 amide bonds. The smallest absolute Gasteiger partial charge is 0.410 e. The predicted octanol–water partition coefficient (Wildman–Crippen LogP) is 3.99. The topological polar surface area (TPSA) is 29.5 Å². The molecule has 0 spiro atoms. The fraction of sp³-hybridized carbons (Fsp3) is 0.800. The highest BCUT2D eigenvalue weighted by atomic mass is 16.6. The summed E-state index contributed by atoms with van der Waals surface area (Å²) in [5, 5.41) is 0. The van der Waals surface area contributed by atoms with Crippen LogP contribution in [0.25, 0.3) is 0 Å². The van der Waals surface area contributed by atoms with E-state index in [2.05, 4.69) is 13.5 Å². The minimum atomic E-state index is -0.432. The van der Waals surface area contributed by atoms with Crippen LogP contribution in [0.3, 0.4) is 0 Å². The van der Waals surface area contributed by atoms with Gasteiger partial charge in [-0.1, -0.05) is 13.0 Å². The van der Waals surface area contributed by atoms with Gasteiger partial charge in [-0.2, -0.15) is 0 Å². The highest BCUT2D eigenvalue weighted by Gasteiger charge is 2.29. The third kappa shape index (κ3) is 4.71. The molecule has 0 aromatic rings. The van der Waals surface area contributed by atoms with Crippen LogP contribution in [-0.4, -0.2) is 29.2 Å². The maximum Gasteiger partial charge on any atom is 0.410 e. The molecule has 0 unspecified atom stereocenters. The molecule has 0 bridgehead atoms. The zero-order valence-corrected chi connectivity index (χ0v) is 12.2. The van der Waals surface area contributed by atoms with Crippen molar-refractivity contribution < 1.29 is 9.53 Å². The quantitative estimate of drug-likeness (QED) is 0.712. The Morgan fingerprint density at radius 2 is 1.89 bits per heavy atom. The van der Waals surface area contributed by atoms with E-state index in [0.29, 0.717) is 12.6 Å². The molecule has 1 aliphatic carbocycles. The molecule has 0 aromatic heterocycles. The molecular weight excluding hydrogens is 226 g/mol. The van der Waals surface area contributed by atoms with E-state index in [1.54, 1.807) is 6.08 Å². The predicted molar refractivity (Wildman–Crippen MR) is 74.6 cm³/mol. The van der Waals surface area contributed by atoms with Crippen molar-refractivity contribution in [3.05, 3.63) is 12.7 Å². The van der Waals surface area contributed by atoms with Crippen molar-refractivity contribution >= 4 is 6.09 Å². The Morgan fingerprint density at radius 1 is 1.33 bits per heavy atom. The summed E-state index contributed by atoms with van der Waals surface area (Å²) in [6, 6.07) is 0.314. The normalized spacial score (nSPS) is 24.4. The SMILES string of the molecule is C=CCN(C(=O)OC(C)(C)C)C1CCC(C)CC1. The van der Waals surface area contributed by atoms with Crippen molar-refractivity contribution in [2.75, 3.05) is 6.54 Å². The van der Waals surface area contributed by atoms with Gasteiger partial charge < -0.3 is 9.64 Å². The number of hydrogen-bond donors (Lipinski definition) is 0. The van der Waals surface area contributed by atoms with Crippen LogP contribution < -0.4 is 0 Å². The molecule has 104 valence electrons. The summed E-state index contributed by atoms with van der Waals surface area (Å²) < 4.78 is 5.47. The van der Waals surface area contributed by atoms with Crippen molar-refractivity contribution in [3.8, 4) is 0 Å². The monoisotopic (exact) mass is 253 g/mol. The van der Waals surface area contributed by atoms with Gasteiger partial charge in [0.25, 0.3) is 0 Å². The van der Waals surface area contributed by atoms with E-state index >= 15 is 0 Å². The molecule has 0 aromatic carbocycles. The molecule has 1 rings (SSSR count). The van der Waals surface area contributed by atoms with E-state index in [1.165, 1.54) is 12.8 Å². The summed E-state index contributed by atoms with van der Waals surface area (Å²) in [6.45, 7) is 12.3. The summed E-state index contributed by atoms with van der Waals surface area (Å²) in [6.07, 6.45) is 6.12. The number of rotatable bonds is 3. The van der Waals surface area contributed by atoms with Crippen LogP contribution in [0.15, 0.2) is 12.7 Å². The molecule has 1 saturated carbocycles. The number of ether oxygens (including phenoxy) is 1. The summed E-state index contributed by atoms with van der Waals surface area (Å²) in [5.41, 5.74) is -0.432. The molecule has 18 heavy (non-hydrogen) atoms. The number of amides is 1. The number of hydrogen-bond acceptors (Lipinski definition) is 2. The van der Waals surface area contributed by atoms with Crippen LogP contribution >= 0.6 is 0 Å². The Labute approximate surface area is 111 Å². The standard InChI is InChI=1S/C15H27NO2/c1-6-11-16(14(17)18-15(3,4)5)13-9-7-12(2)8-10-13/h6,12-13H,1,7-11H2,2-5H3. The first-order valence-corrected chi connectivity index (χ1v) is 6.94. The minimum Gasteiger partial charge on any atom is -0.444 e. The van der Waals surface area contributed by atoms with E-state index in [4.69, 9.17) is 4.74 Å². The fourth-order valence-corrected chi connectivity index (χ4v) is 2.39. The first-order chi connectivity index (χ1) is 8.33. The van der Waals surface area contributed by atoms with E-state index < -0.39 is 5.60 Å². The maximum atomic E-state index is 12.2. The van der Waals surface area contributed by atoms with Gasteiger partial charge in [-0.05, 0) is 52.4 Å². The lowest BCUT2D eigenvalue weighted by Gasteiger charge is -2.36. The third-order valence-electron chi connectivity index (χ3n) is 3.38. The average molecular weight is 253 g/mol. The number of nitrogens with zero attached hydrogens (tertiary/aromatic N) is 1. The van der Waals surface area contributed by atoms with E-state index in [0.717, 1.165) is 18.8 Å². The molecule has 0 heterocycles. The lowest BCUT2D eigenvalue weighted by Crippen LogP contribution is -2.44. The summed E-state index contributed by atoms with van der Waals surface area (Å²) in [5.74, 6) is 0.783. The molecule has 0 aliphatic heterocycles. The summed E-state index contributed by atoms with van der Waals surface area (Å²) >= 11 is 0. The highest BCUT2D eigenvalue weighted by Crippen LogP contribution is 2.28. The number of carbonyl (C=O) groups excluding carboxylic acids is 1. The fourth-order valence-electron chi connectivity index (χ4n) is 2.39. The molecule has 0 atom stereocenters. The second-order valence-corrected chi connectivity index (χ2v) is 6.34. The average Bonchev–Trinajstić information content (AvgIpc) is 2.25. The van der Waals surface area contributed by atoms with E-state index in [1.807, 2.05) is 25.7 Å². The molecule has 3 heteroatoms. The maximum absolute atomic E-state index is 12.2. The van der Waals surface area contributed by atoms with Crippen molar-refractivity contribution in [1.82, 2.24) is 4.90 Å². The van der Waals surface area contributed by atoms with Crippen molar-refractivity contribution in [2.24, 2.45) is 5.92 Å². The van der Waals surface area contributed by atoms with Gasteiger partial charge in [-0.25, -0.2) is 4.79 Å². The van der Waals surface area contributed by atoms with E-state index in [9.17, 15) is 4.79 Å². The summed E-state index contributed by atoms with van der Waals surface area (Å²) in [7, 11) is 0. The van der Waals surface area contributed by atoms with Crippen LogP contribution in [0.1, 0.15) is 53.4 Å². The first-order valence-electron chi connectivity index (χ1n) is 6.94. The Morgan fingerprint density at radius 3 is 2.33 bits per heavy atom. The molecule has 3 nitrogen and oxygen atoms in total. The van der Waals surface area contributed by atoms with Crippen LogP contribution in [-0.2, 0) is 4.74 Å². The lowest BCUT2D eigenvalue weighted by molar-refractivity contribution is 0.0137. The van der Waals surface area contributed by atoms with Gasteiger partial charge in [0, 0.05) is 12.6 Å². The zero-order valence-electron chi connectivity index (χ0n) is 12.2. The second-order valence-electron chi connectivity index (χ2n) is 6.34. The largest absolute Gasteiger partial charge is 0.444 e. The van der Waals surface area contributed by atoms with Gasteiger partial charge >= 0.3 is 6.09 Å². The Hall–Kier alpha value is -0.990. The number of carbonyl (C=O) groups is 1. The third-order valence-corrected chi connectivity index (χ3v) is 3.38. The van der Waals surface area contributed by atoms with Crippen molar-refractivity contribution in [2.45, 2.75) is 65.0 Å². The molecule has 1 fully saturated rings. The molecule has 1 aliphatic rings. The molecule has 0 saturated heterocycles. The summed E-state index contributed by atoms with van der Waals surface area (Å²) in [4.78, 5) is 14.0. The van der Waals surface area contributed by atoms with Gasteiger partial charge in [-0.15, -0.1) is 6.58 Å². The van der Waals surface area contributed by atoms with Gasteiger partial charge in [0.05, 0.1) is 0 Å². The van der Waals surface area contributed by atoms with Gasteiger partial charge in [0.2, 0.25) is 0 Å². The second kappa shape index (κ2) is 6.26. The highest BCUT2D eigenvalue weighted by molar-refractivity contribution is 5.68. The van der Waals surface area contributed by atoms with Gasteiger partial charge in [0.1, 0.15) is 5.60 Å². The van der Waals surface area contributed by atoms with Gasteiger partial charge in [-0.3, -0.25) is 0 Å². The van der Waals surface area contributed by atoms with Crippen molar-refractivity contribution in [1.29, 1.82) is 0 Å². The zero-order chi connectivity index (χ0) is 13.8. The van der Waals surface area contributed by atoms with Crippen LogP contribution in [0, 0.1) is 5.92 Å². The Balaban J connectivity index is 2.64. The first kappa shape index (κ1) is 15.1. The van der Waals surface area contributed by atoms with Crippen LogP contribution in [0.5, 0.6) is 0 Å². The lowest BCUT2D eigenvalue weighted by atomic mass is 9.86. The van der Waals surface area contributed by atoms with Crippen LogP contribution in [0.4, 0.5) is 4.79 Å². The Kier molecular flexibility index (Phi) is 5.24. The van der Waals surface area contributed by atoms with Gasteiger partial charge in [0.15, 0.2) is 0 Å². The Bertz CT molecular complexity index is 285. The minimum absolute atomic E-state index is 0.207. The molecule has 0 N–H and O–H groups in total. The van der Waals surface area contributed by atoms with Crippen LogP contribution in [0.2, 0.25) is 0 Å². The van der Waals surface area contributed by atoms with Crippen molar-refractivity contribution in [3.63, 3.8) is 0 Å². The van der Waals surface area contributed by atoms with E-state index in [-0.39, 0.29) is 6.09 Å².